The summed E-state index contributed by atoms with van der Waals surface area (Å²) in [5.41, 5.74) is 2.24. The van der Waals surface area contributed by atoms with E-state index in [9.17, 15) is 9.59 Å². The maximum absolute atomic E-state index is 12.5. The van der Waals surface area contributed by atoms with Crippen LogP contribution in [-0.4, -0.2) is 44.0 Å². The average Bonchev–Trinajstić information content (AvgIpc) is 3.30. The van der Waals surface area contributed by atoms with Crippen LogP contribution in [0.15, 0.2) is 36.9 Å². The second-order valence-corrected chi connectivity index (χ2v) is 5.78. The van der Waals surface area contributed by atoms with Crippen molar-refractivity contribution >= 4 is 23.1 Å². The number of pyridine rings is 1. The molecule has 2 N–H and O–H groups in total. The lowest BCUT2D eigenvalue weighted by Gasteiger charge is -2.15. The van der Waals surface area contributed by atoms with Crippen molar-refractivity contribution in [2.75, 3.05) is 11.4 Å². The summed E-state index contributed by atoms with van der Waals surface area (Å²) in [4.78, 5) is 30.7. The minimum atomic E-state index is -0.525. The number of nitrogens with zero attached hydrogens (tertiary/aromatic N) is 4. The monoisotopic (exact) mass is 324 g/mol. The first kappa shape index (κ1) is 14.4. The molecule has 1 aliphatic heterocycles. The molecule has 3 aromatic heterocycles. The van der Waals surface area contributed by atoms with Gasteiger partial charge in [-0.05, 0) is 25.5 Å². The van der Waals surface area contributed by atoms with Gasteiger partial charge in [-0.25, -0.2) is 4.98 Å². The molecule has 0 aromatic carbocycles. The summed E-state index contributed by atoms with van der Waals surface area (Å²) in [6.45, 7) is 2.44. The lowest BCUT2D eigenvalue weighted by atomic mass is 10.2. The Morgan fingerprint density at radius 3 is 3.08 bits per heavy atom. The molecule has 8 nitrogen and oxygen atoms in total. The highest BCUT2D eigenvalue weighted by Crippen LogP contribution is 2.19. The molecule has 0 spiro atoms. The van der Waals surface area contributed by atoms with Crippen LogP contribution in [0.5, 0.6) is 0 Å². The fraction of sp³-hybridized carbons (Fsp3) is 0.250. The molecule has 1 atom stereocenters. The predicted molar refractivity (Wildman–Crippen MR) is 86.7 cm³/mol. The van der Waals surface area contributed by atoms with Crippen LogP contribution in [-0.2, 0) is 4.79 Å². The van der Waals surface area contributed by atoms with Crippen LogP contribution in [0.2, 0.25) is 0 Å². The maximum atomic E-state index is 12.5. The molecule has 24 heavy (non-hydrogen) atoms. The molecule has 0 bridgehead atoms. The number of imidazole rings is 1. The third-order valence-electron chi connectivity index (χ3n) is 4.28. The fourth-order valence-electron chi connectivity index (χ4n) is 2.95. The summed E-state index contributed by atoms with van der Waals surface area (Å²) in [6, 6.07) is 4.71. The average molecular weight is 324 g/mol. The third kappa shape index (κ3) is 2.32. The molecular formula is C16H16N6O2. The lowest BCUT2D eigenvalue weighted by Crippen LogP contribution is -2.41. The van der Waals surface area contributed by atoms with Gasteiger partial charge in [-0.1, -0.05) is 0 Å². The van der Waals surface area contributed by atoms with Gasteiger partial charge in [-0.15, -0.1) is 0 Å². The zero-order chi connectivity index (χ0) is 16.7. The number of carbonyl (C=O) groups is 2. The number of nitrogens with one attached hydrogen (secondary N) is 2. The molecule has 0 saturated carbocycles. The highest BCUT2D eigenvalue weighted by molar-refractivity contribution is 6.03. The number of amides is 2. The number of fused-ring (bicyclic) bond motifs is 1. The third-order valence-corrected chi connectivity index (χ3v) is 4.28. The Balaban J connectivity index is 1.51. The van der Waals surface area contributed by atoms with E-state index in [2.05, 4.69) is 20.5 Å². The van der Waals surface area contributed by atoms with Crippen LogP contribution in [0.25, 0.3) is 5.52 Å². The Labute approximate surface area is 137 Å². The first-order valence-corrected chi connectivity index (χ1v) is 7.68. The quantitative estimate of drug-likeness (QED) is 0.748. The molecule has 122 valence electrons. The molecule has 3 aromatic rings. The SMILES string of the molecule is Cc1ncn2ccc(C(=O)NC3CCN(c4ccn[nH]4)C3=O)cc12. The van der Waals surface area contributed by atoms with Crippen LogP contribution in [0.1, 0.15) is 22.5 Å². The van der Waals surface area contributed by atoms with Gasteiger partial charge in [0.1, 0.15) is 11.9 Å². The summed E-state index contributed by atoms with van der Waals surface area (Å²) in [5.74, 6) is 0.255. The van der Waals surface area contributed by atoms with Crippen molar-refractivity contribution in [1.82, 2.24) is 24.9 Å². The van der Waals surface area contributed by atoms with Crippen LogP contribution >= 0.6 is 0 Å². The van der Waals surface area contributed by atoms with Crippen LogP contribution in [0.4, 0.5) is 5.82 Å². The molecule has 2 amide bonds. The minimum Gasteiger partial charge on any atom is -0.340 e. The first-order chi connectivity index (χ1) is 11.6. The standard InChI is InChI=1S/C16H16N6O2/c1-10-13-8-11(3-6-21(13)9-17-10)15(23)19-12-4-7-22(16(12)24)14-2-5-18-20-14/h2-3,5-6,8-9,12H,4,7H2,1H3,(H,18,20)(H,19,23). The van der Waals surface area contributed by atoms with Gasteiger partial charge in [0, 0.05) is 24.4 Å². The Bertz CT molecular complexity index is 914. The first-order valence-electron chi connectivity index (χ1n) is 7.68. The number of anilines is 1. The predicted octanol–water partition coefficient (Wildman–Crippen LogP) is 0.901. The van der Waals surface area contributed by atoms with Gasteiger partial charge < -0.3 is 9.72 Å². The lowest BCUT2D eigenvalue weighted by molar-refractivity contribution is -0.118. The number of aromatic amines is 1. The van der Waals surface area contributed by atoms with Crippen molar-refractivity contribution in [3.8, 4) is 0 Å². The van der Waals surface area contributed by atoms with Crippen molar-refractivity contribution in [1.29, 1.82) is 0 Å². The highest BCUT2D eigenvalue weighted by Gasteiger charge is 2.34. The summed E-state index contributed by atoms with van der Waals surface area (Å²) >= 11 is 0. The molecular weight excluding hydrogens is 308 g/mol. The van der Waals surface area contributed by atoms with Crippen molar-refractivity contribution in [3.63, 3.8) is 0 Å². The number of hydrogen-bond acceptors (Lipinski definition) is 4. The maximum Gasteiger partial charge on any atom is 0.252 e. The summed E-state index contributed by atoms with van der Waals surface area (Å²) in [7, 11) is 0. The van der Waals surface area contributed by atoms with Crippen LogP contribution in [0.3, 0.4) is 0 Å². The number of aromatic nitrogens is 4. The Morgan fingerprint density at radius 1 is 1.42 bits per heavy atom. The number of carbonyl (C=O) groups excluding carboxylic acids is 2. The second-order valence-electron chi connectivity index (χ2n) is 5.78. The van der Waals surface area contributed by atoms with E-state index in [-0.39, 0.29) is 11.8 Å². The van der Waals surface area contributed by atoms with E-state index in [4.69, 9.17) is 0 Å². The highest BCUT2D eigenvalue weighted by atomic mass is 16.2. The van der Waals surface area contributed by atoms with E-state index in [0.717, 1.165) is 11.2 Å². The van der Waals surface area contributed by atoms with E-state index in [1.165, 1.54) is 0 Å². The summed E-state index contributed by atoms with van der Waals surface area (Å²) < 4.78 is 1.85. The van der Waals surface area contributed by atoms with Crippen molar-refractivity contribution < 1.29 is 9.59 Å². The van der Waals surface area contributed by atoms with Gasteiger partial charge in [0.2, 0.25) is 0 Å². The van der Waals surface area contributed by atoms with Gasteiger partial charge >= 0.3 is 0 Å². The number of hydrogen-bond donors (Lipinski definition) is 2. The zero-order valence-corrected chi connectivity index (χ0v) is 13.1. The topological polar surface area (TPSA) is 95.4 Å². The number of H-pyrrole nitrogens is 1. The van der Waals surface area contributed by atoms with Gasteiger partial charge in [-0.2, -0.15) is 5.10 Å². The molecule has 8 heteroatoms. The van der Waals surface area contributed by atoms with E-state index in [1.807, 2.05) is 11.3 Å². The van der Waals surface area contributed by atoms with Crippen molar-refractivity contribution in [3.05, 3.63) is 48.2 Å². The minimum absolute atomic E-state index is 0.130. The number of rotatable bonds is 3. The summed E-state index contributed by atoms with van der Waals surface area (Å²) in [5, 5.41) is 9.44. The van der Waals surface area contributed by atoms with Crippen molar-refractivity contribution in [2.45, 2.75) is 19.4 Å². The smallest absolute Gasteiger partial charge is 0.252 e. The largest absolute Gasteiger partial charge is 0.340 e. The Morgan fingerprint density at radius 2 is 2.29 bits per heavy atom. The van der Waals surface area contributed by atoms with Gasteiger partial charge in [-0.3, -0.25) is 19.6 Å². The molecule has 0 aliphatic carbocycles. The van der Waals surface area contributed by atoms with E-state index < -0.39 is 6.04 Å². The zero-order valence-electron chi connectivity index (χ0n) is 13.1. The van der Waals surface area contributed by atoms with Gasteiger partial charge in [0.05, 0.1) is 23.7 Å². The molecule has 1 unspecified atom stereocenters. The van der Waals surface area contributed by atoms with Crippen LogP contribution in [0, 0.1) is 6.92 Å². The van der Waals surface area contributed by atoms with Gasteiger partial charge in [0.15, 0.2) is 0 Å². The van der Waals surface area contributed by atoms with E-state index in [0.29, 0.717) is 24.3 Å². The second kappa shape index (κ2) is 5.48. The molecule has 1 aliphatic rings. The Hall–Kier alpha value is -3.16. The Kier molecular flexibility index (Phi) is 3.30. The normalized spacial score (nSPS) is 17.6. The van der Waals surface area contributed by atoms with Crippen LogP contribution < -0.4 is 10.2 Å². The van der Waals surface area contributed by atoms with Crippen molar-refractivity contribution in [2.24, 2.45) is 0 Å². The molecule has 1 fully saturated rings. The van der Waals surface area contributed by atoms with Gasteiger partial charge in [0.25, 0.3) is 11.8 Å². The number of aryl methyl sites for hydroxylation is 1. The molecule has 4 rings (SSSR count). The fourth-order valence-corrected chi connectivity index (χ4v) is 2.95. The molecule has 4 heterocycles. The molecule has 0 radical (unpaired) electrons. The van der Waals surface area contributed by atoms with E-state index in [1.54, 1.807) is 41.8 Å². The van der Waals surface area contributed by atoms with E-state index >= 15 is 0 Å². The molecule has 1 saturated heterocycles. The summed E-state index contributed by atoms with van der Waals surface area (Å²) in [6.07, 6.45) is 5.65.